The van der Waals surface area contributed by atoms with Crippen LogP contribution in [0.1, 0.15) is 45.1 Å². The number of amides is 1. The molecular weight excluding hydrogens is 294 g/mol. The molecule has 1 saturated heterocycles. The van der Waals surface area contributed by atoms with Gasteiger partial charge in [-0.05, 0) is 19.8 Å². The first-order valence-electron chi connectivity index (χ1n) is 8.43. The van der Waals surface area contributed by atoms with Crippen molar-refractivity contribution in [3.63, 3.8) is 0 Å². The highest BCUT2D eigenvalue weighted by Gasteiger charge is 2.25. The molecule has 1 aliphatic heterocycles. The molecule has 0 aliphatic carbocycles. The number of nitrogens with one attached hydrogen (secondary N) is 2. The standard InChI is InChI=1S/C16H27N5O2/c1-4-12-9-14(23-20-12)10-18-16(17-6-3)19-13-7-8-21(11-13)15(22)5-2/h9,13H,4-8,10-11H2,1-3H3,(H2,17,18,19). The van der Waals surface area contributed by atoms with Crippen molar-refractivity contribution in [2.75, 3.05) is 19.6 Å². The molecule has 1 aliphatic rings. The van der Waals surface area contributed by atoms with Crippen molar-refractivity contribution >= 4 is 11.9 Å². The van der Waals surface area contributed by atoms with E-state index in [-0.39, 0.29) is 11.9 Å². The fraction of sp³-hybridized carbons (Fsp3) is 0.688. The fourth-order valence-electron chi connectivity index (χ4n) is 2.60. The molecule has 2 N–H and O–H groups in total. The minimum atomic E-state index is 0.213. The van der Waals surface area contributed by atoms with E-state index in [1.807, 2.05) is 31.7 Å². The fourth-order valence-corrected chi connectivity index (χ4v) is 2.60. The van der Waals surface area contributed by atoms with Gasteiger partial charge in [-0.2, -0.15) is 0 Å². The molecule has 2 rings (SSSR count). The quantitative estimate of drug-likeness (QED) is 0.610. The smallest absolute Gasteiger partial charge is 0.222 e. The van der Waals surface area contributed by atoms with E-state index in [0.29, 0.717) is 13.0 Å². The molecule has 128 valence electrons. The number of hydrogen-bond acceptors (Lipinski definition) is 4. The van der Waals surface area contributed by atoms with E-state index >= 15 is 0 Å². The average Bonchev–Trinajstić information content (AvgIpc) is 3.21. The number of aryl methyl sites for hydroxylation is 1. The van der Waals surface area contributed by atoms with Crippen LogP contribution in [0.2, 0.25) is 0 Å². The molecule has 1 fully saturated rings. The van der Waals surface area contributed by atoms with Crippen molar-refractivity contribution in [2.24, 2.45) is 4.99 Å². The highest BCUT2D eigenvalue weighted by atomic mass is 16.5. The first kappa shape index (κ1) is 17.3. The van der Waals surface area contributed by atoms with Crippen LogP contribution >= 0.6 is 0 Å². The molecule has 7 heteroatoms. The molecule has 1 unspecified atom stereocenters. The van der Waals surface area contributed by atoms with Crippen molar-refractivity contribution in [3.05, 3.63) is 17.5 Å². The minimum Gasteiger partial charge on any atom is -0.359 e. The Morgan fingerprint density at radius 1 is 1.48 bits per heavy atom. The van der Waals surface area contributed by atoms with Crippen molar-refractivity contribution in [2.45, 2.75) is 52.6 Å². The van der Waals surface area contributed by atoms with Crippen LogP contribution in [-0.2, 0) is 17.8 Å². The number of hydrogen-bond donors (Lipinski definition) is 2. The summed E-state index contributed by atoms with van der Waals surface area (Å²) in [5.74, 6) is 1.72. The number of likely N-dealkylation sites (tertiary alicyclic amines) is 1. The molecule has 0 saturated carbocycles. The third-order valence-electron chi connectivity index (χ3n) is 3.89. The molecular formula is C16H27N5O2. The predicted molar refractivity (Wildman–Crippen MR) is 89.1 cm³/mol. The monoisotopic (exact) mass is 321 g/mol. The number of nitrogens with zero attached hydrogens (tertiary/aromatic N) is 3. The zero-order chi connectivity index (χ0) is 16.7. The largest absolute Gasteiger partial charge is 0.359 e. The van der Waals surface area contributed by atoms with Crippen LogP contribution in [0.25, 0.3) is 0 Å². The van der Waals surface area contributed by atoms with E-state index in [9.17, 15) is 4.79 Å². The van der Waals surface area contributed by atoms with Crippen LogP contribution in [0, 0.1) is 0 Å². The Bertz CT molecular complexity index is 540. The Morgan fingerprint density at radius 2 is 2.30 bits per heavy atom. The number of rotatable bonds is 6. The molecule has 0 aromatic carbocycles. The summed E-state index contributed by atoms with van der Waals surface area (Å²) >= 11 is 0. The zero-order valence-electron chi connectivity index (χ0n) is 14.3. The van der Waals surface area contributed by atoms with Crippen molar-refractivity contribution in [1.29, 1.82) is 0 Å². The molecule has 1 atom stereocenters. The lowest BCUT2D eigenvalue weighted by atomic mass is 10.3. The van der Waals surface area contributed by atoms with Gasteiger partial charge in [-0.15, -0.1) is 0 Å². The summed E-state index contributed by atoms with van der Waals surface area (Å²) in [6.07, 6.45) is 2.36. The summed E-state index contributed by atoms with van der Waals surface area (Å²) in [7, 11) is 0. The van der Waals surface area contributed by atoms with Gasteiger partial charge in [0.15, 0.2) is 11.7 Å². The SMILES string of the molecule is CCNC(=NCc1cc(CC)no1)NC1CCN(C(=O)CC)C1. The van der Waals surface area contributed by atoms with Crippen LogP contribution in [0.15, 0.2) is 15.6 Å². The van der Waals surface area contributed by atoms with Crippen LogP contribution in [-0.4, -0.2) is 47.6 Å². The molecule has 1 aromatic heterocycles. The number of carbonyl (C=O) groups is 1. The molecule has 23 heavy (non-hydrogen) atoms. The summed E-state index contributed by atoms with van der Waals surface area (Å²) in [6, 6.07) is 2.17. The maximum Gasteiger partial charge on any atom is 0.222 e. The van der Waals surface area contributed by atoms with E-state index in [4.69, 9.17) is 4.52 Å². The van der Waals surface area contributed by atoms with Gasteiger partial charge in [0.2, 0.25) is 5.91 Å². The molecule has 0 spiro atoms. The first-order valence-corrected chi connectivity index (χ1v) is 8.43. The maximum absolute atomic E-state index is 11.7. The Labute approximate surface area is 137 Å². The van der Waals surface area contributed by atoms with Gasteiger partial charge < -0.3 is 20.1 Å². The van der Waals surface area contributed by atoms with Crippen LogP contribution < -0.4 is 10.6 Å². The van der Waals surface area contributed by atoms with E-state index in [0.717, 1.165) is 49.9 Å². The Kier molecular flexibility index (Phi) is 6.43. The first-order chi connectivity index (χ1) is 11.2. The van der Waals surface area contributed by atoms with E-state index in [1.165, 1.54) is 0 Å². The summed E-state index contributed by atoms with van der Waals surface area (Å²) in [5, 5.41) is 10.6. The van der Waals surface area contributed by atoms with Gasteiger partial charge >= 0.3 is 0 Å². The summed E-state index contributed by atoms with van der Waals surface area (Å²) in [5.41, 5.74) is 0.942. The van der Waals surface area contributed by atoms with Gasteiger partial charge in [0.1, 0.15) is 6.54 Å². The minimum absolute atomic E-state index is 0.213. The summed E-state index contributed by atoms with van der Waals surface area (Å²) in [6.45, 7) is 8.75. The van der Waals surface area contributed by atoms with Crippen LogP contribution in [0.3, 0.4) is 0 Å². The van der Waals surface area contributed by atoms with Gasteiger partial charge in [-0.3, -0.25) is 4.79 Å². The molecule has 2 heterocycles. The number of guanidine groups is 1. The lowest BCUT2D eigenvalue weighted by molar-refractivity contribution is -0.129. The highest BCUT2D eigenvalue weighted by Crippen LogP contribution is 2.10. The predicted octanol–water partition coefficient (Wildman–Crippen LogP) is 1.30. The zero-order valence-corrected chi connectivity index (χ0v) is 14.3. The normalized spacial score (nSPS) is 18.3. The Morgan fingerprint density at radius 3 is 2.96 bits per heavy atom. The second-order valence-corrected chi connectivity index (χ2v) is 5.66. The van der Waals surface area contributed by atoms with E-state index < -0.39 is 0 Å². The van der Waals surface area contributed by atoms with Gasteiger partial charge in [-0.1, -0.05) is 19.0 Å². The summed E-state index contributed by atoms with van der Waals surface area (Å²) in [4.78, 5) is 18.2. The molecule has 0 bridgehead atoms. The van der Waals surface area contributed by atoms with Crippen molar-refractivity contribution < 1.29 is 9.32 Å². The number of aromatic nitrogens is 1. The van der Waals surface area contributed by atoms with Gasteiger partial charge in [0.25, 0.3) is 0 Å². The van der Waals surface area contributed by atoms with Gasteiger partial charge in [-0.25, -0.2) is 4.99 Å². The molecule has 7 nitrogen and oxygen atoms in total. The maximum atomic E-state index is 11.7. The Hall–Kier alpha value is -2.05. The summed E-state index contributed by atoms with van der Waals surface area (Å²) < 4.78 is 5.25. The number of aliphatic imine (C=N–C) groups is 1. The second kappa shape index (κ2) is 8.55. The molecule has 1 amide bonds. The molecule has 0 radical (unpaired) electrons. The lowest BCUT2D eigenvalue weighted by Crippen LogP contribution is -2.45. The second-order valence-electron chi connectivity index (χ2n) is 5.66. The Balaban J connectivity index is 1.90. The topological polar surface area (TPSA) is 82.8 Å². The van der Waals surface area contributed by atoms with Crippen LogP contribution in [0.5, 0.6) is 0 Å². The van der Waals surface area contributed by atoms with E-state index in [2.05, 4.69) is 20.8 Å². The lowest BCUT2D eigenvalue weighted by Gasteiger charge is -2.18. The number of carbonyl (C=O) groups excluding carboxylic acids is 1. The van der Waals surface area contributed by atoms with E-state index in [1.54, 1.807) is 0 Å². The highest BCUT2D eigenvalue weighted by molar-refractivity contribution is 5.80. The third-order valence-corrected chi connectivity index (χ3v) is 3.89. The van der Waals surface area contributed by atoms with Crippen molar-refractivity contribution in [3.8, 4) is 0 Å². The molecule has 1 aromatic rings. The van der Waals surface area contributed by atoms with Crippen LogP contribution in [0.4, 0.5) is 0 Å². The average molecular weight is 321 g/mol. The third kappa shape index (κ3) is 4.97. The van der Waals surface area contributed by atoms with Crippen molar-refractivity contribution in [1.82, 2.24) is 20.7 Å². The van der Waals surface area contributed by atoms with Gasteiger partial charge in [0.05, 0.1) is 5.69 Å². The van der Waals surface area contributed by atoms with Gasteiger partial charge in [0, 0.05) is 38.2 Å².